The Labute approximate surface area is 208 Å². The molecule has 0 amide bonds. The molecular formula is C29H26FNO3S. The first-order valence-electron chi connectivity index (χ1n) is 11.8. The summed E-state index contributed by atoms with van der Waals surface area (Å²) >= 11 is 1.64. The van der Waals surface area contributed by atoms with Crippen LogP contribution < -0.4 is 5.32 Å². The zero-order chi connectivity index (χ0) is 24.4. The van der Waals surface area contributed by atoms with Crippen molar-refractivity contribution in [3.63, 3.8) is 0 Å². The number of nitrogens with one attached hydrogen (secondary N) is 1. The summed E-state index contributed by atoms with van der Waals surface area (Å²) in [5, 5.41) is 5.33. The number of ketones is 1. The first-order valence-corrected chi connectivity index (χ1v) is 12.6. The molecule has 0 spiro atoms. The lowest BCUT2D eigenvalue weighted by Gasteiger charge is -2.36. The highest BCUT2D eigenvalue weighted by Gasteiger charge is 2.42. The molecule has 1 aliphatic heterocycles. The molecule has 0 radical (unpaired) electrons. The number of allylic oxidation sites excluding steroid dienone is 3. The minimum absolute atomic E-state index is 0.0625. The van der Waals surface area contributed by atoms with Crippen LogP contribution in [0.2, 0.25) is 0 Å². The summed E-state index contributed by atoms with van der Waals surface area (Å²) in [6, 6.07) is 20.2. The number of hydrogen-bond donors (Lipinski definition) is 1. The third-order valence-electron chi connectivity index (χ3n) is 6.68. The fourth-order valence-corrected chi connectivity index (χ4v) is 5.87. The van der Waals surface area contributed by atoms with Gasteiger partial charge in [-0.05, 0) is 36.4 Å². The maximum absolute atomic E-state index is 15.1. The number of Topliss-reactive ketones (excluding diaryl/α,β-unsaturated/α-hetero) is 1. The van der Waals surface area contributed by atoms with Crippen LogP contribution in [0.4, 0.5) is 4.39 Å². The molecule has 0 bridgehead atoms. The molecule has 4 nitrogen and oxygen atoms in total. The van der Waals surface area contributed by atoms with E-state index in [-0.39, 0.29) is 18.3 Å². The number of halogens is 1. The van der Waals surface area contributed by atoms with Gasteiger partial charge in [-0.2, -0.15) is 0 Å². The number of dihydropyridines is 1. The zero-order valence-corrected chi connectivity index (χ0v) is 20.2. The van der Waals surface area contributed by atoms with Crippen LogP contribution in [0.1, 0.15) is 47.6 Å². The number of esters is 1. The number of ether oxygens (including phenoxy) is 1. The molecule has 1 aromatic heterocycles. The molecule has 3 aromatic rings. The number of hydrogen-bond acceptors (Lipinski definition) is 5. The average molecular weight is 488 g/mol. The summed E-state index contributed by atoms with van der Waals surface area (Å²) in [7, 11) is 0. The second kappa shape index (κ2) is 10.0. The summed E-state index contributed by atoms with van der Waals surface area (Å²) in [5.41, 5.74) is 3.52. The molecule has 2 atom stereocenters. The Hall–Kier alpha value is -3.51. The van der Waals surface area contributed by atoms with Gasteiger partial charge in [0.2, 0.25) is 0 Å². The van der Waals surface area contributed by atoms with Crippen molar-refractivity contribution in [2.75, 3.05) is 6.61 Å². The quantitative estimate of drug-likeness (QED) is 0.431. The molecule has 5 rings (SSSR count). The van der Waals surface area contributed by atoms with E-state index < -0.39 is 17.7 Å². The van der Waals surface area contributed by atoms with Crippen molar-refractivity contribution in [2.45, 2.75) is 38.0 Å². The lowest BCUT2D eigenvalue weighted by Crippen LogP contribution is -2.36. The Morgan fingerprint density at radius 2 is 1.83 bits per heavy atom. The number of thiophene rings is 1. The molecule has 2 aliphatic rings. The van der Waals surface area contributed by atoms with Crippen molar-refractivity contribution in [1.29, 1.82) is 0 Å². The largest absolute Gasteiger partial charge is 0.462 e. The maximum Gasteiger partial charge on any atom is 0.336 e. The first-order chi connectivity index (χ1) is 17.0. The van der Waals surface area contributed by atoms with Crippen molar-refractivity contribution >= 4 is 23.1 Å². The van der Waals surface area contributed by atoms with E-state index in [0.717, 1.165) is 16.1 Å². The van der Waals surface area contributed by atoms with Crippen LogP contribution in [0.25, 0.3) is 0 Å². The standard InChI is InChI=1S/C29H26FNO3S/c1-18-26(29(33)34-14-13-19-8-3-2-4-9-19)27(21-10-5-6-11-22(21)30)28-23(31-18)16-20(17-24(28)32)25-12-7-15-35-25/h2-12,15,20,27,31H,13-14,16-17H2,1H3/t20-,27+/m1/s1. The zero-order valence-electron chi connectivity index (χ0n) is 19.4. The maximum atomic E-state index is 15.1. The molecule has 2 heterocycles. The van der Waals surface area contributed by atoms with Gasteiger partial charge < -0.3 is 10.1 Å². The Morgan fingerprint density at radius 1 is 1.06 bits per heavy atom. The topological polar surface area (TPSA) is 55.4 Å². The van der Waals surface area contributed by atoms with Crippen LogP contribution in [0.15, 0.2) is 94.7 Å². The molecule has 178 valence electrons. The highest BCUT2D eigenvalue weighted by Crippen LogP contribution is 2.46. The van der Waals surface area contributed by atoms with Gasteiger partial charge in [-0.3, -0.25) is 4.79 Å². The summed E-state index contributed by atoms with van der Waals surface area (Å²) in [4.78, 5) is 28.0. The monoisotopic (exact) mass is 487 g/mol. The average Bonchev–Trinajstić information content (AvgIpc) is 3.39. The van der Waals surface area contributed by atoms with Gasteiger partial charge in [0.05, 0.1) is 18.1 Å². The summed E-state index contributed by atoms with van der Waals surface area (Å²) in [6.45, 7) is 1.99. The Bertz CT molecular complexity index is 1310. The molecule has 6 heteroatoms. The van der Waals surface area contributed by atoms with Crippen molar-refractivity contribution < 1.29 is 18.7 Å². The van der Waals surface area contributed by atoms with Crippen molar-refractivity contribution in [1.82, 2.24) is 5.32 Å². The van der Waals surface area contributed by atoms with Gasteiger partial charge in [0.15, 0.2) is 5.78 Å². The molecule has 1 N–H and O–H groups in total. The minimum atomic E-state index is -0.798. The van der Waals surface area contributed by atoms with Crippen LogP contribution in [0.5, 0.6) is 0 Å². The third kappa shape index (κ3) is 4.71. The van der Waals surface area contributed by atoms with Crippen molar-refractivity contribution in [2.24, 2.45) is 0 Å². The lowest BCUT2D eigenvalue weighted by molar-refractivity contribution is -0.139. The fourth-order valence-electron chi connectivity index (χ4n) is 5.04. The van der Waals surface area contributed by atoms with E-state index in [1.165, 1.54) is 6.07 Å². The Balaban J connectivity index is 1.47. The number of carbonyl (C=O) groups is 2. The summed E-state index contributed by atoms with van der Waals surface area (Å²) in [6.07, 6.45) is 1.55. The summed E-state index contributed by atoms with van der Waals surface area (Å²) in [5.74, 6) is -1.76. The van der Waals surface area contributed by atoms with E-state index in [2.05, 4.69) is 5.32 Å². The molecule has 0 fully saturated rings. The van der Waals surface area contributed by atoms with Gasteiger partial charge in [0, 0.05) is 46.2 Å². The smallest absolute Gasteiger partial charge is 0.336 e. The van der Waals surface area contributed by atoms with E-state index in [1.54, 1.807) is 36.5 Å². The van der Waals surface area contributed by atoms with Crippen molar-refractivity contribution in [3.8, 4) is 0 Å². The van der Waals surface area contributed by atoms with Gasteiger partial charge in [-0.1, -0.05) is 54.6 Å². The Morgan fingerprint density at radius 3 is 2.57 bits per heavy atom. The second-order valence-electron chi connectivity index (χ2n) is 8.93. The number of rotatable bonds is 6. The van der Waals surface area contributed by atoms with Gasteiger partial charge in [0.1, 0.15) is 5.82 Å². The number of carbonyl (C=O) groups excluding carboxylic acids is 2. The van der Waals surface area contributed by atoms with Crippen LogP contribution in [0.3, 0.4) is 0 Å². The van der Waals surface area contributed by atoms with Gasteiger partial charge in [-0.15, -0.1) is 11.3 Å². The molecule has 2 aromatic carbocycles. The molecule has 1 aliphatic carbocycles. The third-order valence-corrected chi connectivity index (χ3v) is 7.71. The second-order valence-corrected chi connectivity index (χ2v) is 9.90. The minimum Gasteiger partial charge on any atom is -0.462 e. The van der Waals surface area contributed by atoms with Crippen LogP contribution in [0, 0.1) is 5.82 Å². The van der Waals surface area contributed by atoms with E-state index in [0.29, 0.717) is 41.7 Å². The Kier molecular flexibility index (Phi) is 6.64. The van der Waals surface area contributed by atoms with Gasteiger partial charge in [0.25, 0.3) is 0 Å². The lowest BCUT2D eigenvalue weighted by atomic mass is 9.72. The molecule has 35 heavy (non-hydrogen) atoms. The highest BCUT2D eigenvalue weighted by atomic mass is 32.1. The highest BCUT2D eigenvalue weighted by molar-refractivity contribution is 7.10. The van der Waals surface area contributed by atoms with Gasteiger partial charge >= 0.3 is 5.97 Å². The molecule has 0 saturated heterocycles. The molecule has 0 saturated carbocycles. The normalized spacial score (nSPS) is 19.9. The molecular weight excluding hydrogens is 461 g/mol. The van der Waals surface area contributed by atoms with Crippen LogP contribution in [-0.2, 0) is 20.7 Å². The van der Waals surface area contributed by atoms with Crippen LogP contribution in [-0.4, -0.2) is 18.4 Å². The molecule has 0 unspecified atom stereocenters. The van der Waals surface area contributed by atoms with Crippen molar-refractivity contribution in [3.05, 3.63) is 116 Å². The van der Waals surface area contributed by atoms with Gasteiger partial charge in [-0.25, -0.2) is 9.18 Å². The van der Waals surface area contributed by atoms with E-state index >= 15 is 4.39 Å². The summed E-state index contributed by atoms with van der Waals surface area (Å²) < 4.78 is 20.7. The number of benzene rings is 2. The predicted molar refractivity (Wildman–Crippen MR) is 134 cm³/mol. The van der Waals surface area contributed by atoms with E-state index in [9.17, 15) is 9.59 Å². The fraction of sp³-hybridized carbons (Fsp3) is 0.241. The van der Waals surface area contributed by atoms with E-state index in [4.69, 9.17) is 4.74 Å². The first kappa shape index (κ1) is 23.2. The van der Waals surface area contributed by atoms with E-state index in [1.807, 2.05) is 47.8 Å². The van der Waals surface area contributed by atoms with Crippen LogP contribution >= 0.6 is 11.3 Å². The SMILES string of the molecule is CC1=C(C(=O)OCCc2ccccc2)[C@H](c2ccccc2F)C2=C(C[C@@H](c3cccs3)CC2=O)N1. The predicted octanol–water partition coefficient (Wildman–Crippen LogP) is 6.03.